The van der Waals surface area contributed by atoms with Crippen LogP contribution < -0.4 is 5.43 Å². The van der Waals surface area contributed by atoms with Crippen molar-refractivity contribution in [2.45, 2.75) is 6.92 Å². The number of isocyanates is 1. The van der Waals surface area contributed by atoms with E-state index in [0.29, 0.717) is 0 Å². The van der Waals surface area contributed by atoms with Crippen molar-refractivity contribution in [3.8, 4) is 0 Å². The number of benzene rings is 1. The van der Waals surface area contributed by atoms with E-state index in [9.17, 15) is 4.79 Å². The van der Waals surface area contributed by atoms with E-state index in [4.69, 9.17) is 0 Å². The number of nitrogens with zero attached hydrogens (tertiary/aromatic N) is 1. The van der Waals surface area contributed by atoms with Crippen molar-refractivity contribution < 1.29 is 4.79 Å². The standard InChI is InChI=1S/C8H8N2O/c1-7-2-4-8(5-3-7)10-9-6-11/h2-5,10H,1H3. The molecular formula is C8H8N2O. The second kappa shape index (κ2) is 3.54. The maximum atomic E-state index is 9.69. The monoisotopic (exact) mass is 148 g/mol. The van der Waals surface area contributed by atoms with Crippen LogP contribution in [0.2, 0.25) is 0 Å². The number of hydrogen-bond donors (Lipinski definition) is 1. The summed E-state index contributed by atoms with van der Waals surface area (Å²) >= 11 is 0. The average Bonchev–Trinajstić information content (AvgIpc) is 2.04. The lowest BCUT2D eigenvalue weighted by Gasteiger charge is -1.96. The lowest BCUT2D eigenvalue weighted by atomic mass is 10.2. The zero-order valence-electron chi connectivity index (χ0n) is 6.16. The second-order valence-corrected chi connectivity index (χ2v) is 2.18. The quantitative estimate of drug-likeness (QED) is 0.393. The van der Waals surface area contributed by atoms with Gasteiger partial charge in [-0.15, -0.1) is 0 Å². The van der Waals surface area contributed by atoms with Gasteiger partial charge in [0.15, 0.2) is 0 Å². The minimum atomic E-state index is 0.791. The molecule has 0 atom stereocenters. The Morgan fingerprint density at radius 1 is 1.36 bits per heavy atom. The van der Waals surface area contributed by atoms with Crippen molar-refractivity contribution in [1.82, 2.24) is 0 Å². The van der Waals surface area contributed by atoms with Crippen LogP contribution in [0.15, 0.2) is 29.4 Å². The fourth-order valence-corrected chi connectivity index (χ4v) is 0.715. The Balaban J connectivity index is 2.73. The number of nitrogens with one attached hydrogen (secondary N) is 1. The first kappa shape index (κ1) is 7.51. The summed E-state index contributed by atoms with van der Waals surface area (Å²) in [4.78, 5) is 9.69. The number of rotatable bonds is 2. The third-order valence-corrected chi connectivity index (χ3v) is 1.28. The van der Waals surface area contributed by atoms with Gasteiger partial charge in [0.25, 0.3) is 6.08 Å². The normalized spacial score (nSPS) is 8.45. The van der Waals surface area contributed by atoms with Gasteiger partial charge in [-0.2, -0.15) is 0 Å². The second-order valence-electron chi connectivity index (χ2n) is 2.18. The Morgan fingerprint density at radius 2 is 2.00 bits per heavy atom. The van der Waals surface area contributed by atoms with Crippen LogP contribution in [0.1, 0.15) is 5.56 Å². The number of hydrogen-bond acceptors (Lipinski definition) is 3. The summed E-state index contributed by atoms with van der Waals surface area (Å²) in [6.45, 7) is 1.99. The summed E-state index contributed by atoms with van der Waals surface area (Å²) in [5.41, 5.74) is 4.49. The van der Waals surface area contributed by atoms with Crippen LogP contribution in [0.25, 0.3) is 0 Å². The van der Waals surface area contributed by atoms with E-state index >= 15 is 0 Å². The molecule has 1 N–H and O–H groups in total. The van der Waals surface area contributed by atoms with Crippen LogP contribution in [0.3, 0.4) is 0 Å². The third-order valence-electron chi connectivity index (χ3n) is 1.28. The van der Waals surface area contributed by atoms with E-state index in [0.717, 1.165) is 5.69 Å². The Hall–Kier alpha value is -1.60. The minimum absolute atomic E-state index is 0.791. The molecule has 0 unspecified atom stereocenters. The van der Waals surface area contributed by atoms with Crippen LogP contribution in [0.5, 0.6) is 0 Å². The fraction of sp³-hybridized carbons (Fsp3) is 0.125. The Kier molecular flexibility index (Phi) is 2.42. The summed E-state index contributed by atoms with van der Waals surface area (Å²) in [5, 5.41) is 3.22. The summed E-state index contributed by atoms with van der Waals surface area (Å²) in [5.74, 6) is 0. The van der Waals surface area contributed by atoms with Gasteiger partial charge in [-0.05, 0) is 19.1 Å². The highest BCUT2D eigenvalue weighted by Crippen LogP contribution is 2.07. The molecule has 3 heteroatoms. The van der Waals surface area contributed by atoms with Gasteiger partial charge in [0, 0.05) is 0 Å². The van der Waals surface area contributed by atoms with E-state index in [1.54, 1.807) is 0 Å². The number of hydrazone groups is 1. The minimum Gasteiger partial charge on any atom is -0.267 e. The van der Waals surface area contributed by atoms with Crippen molar-refractivity contribution in [2.75, 3.05) is 5.43 Å². The van der Waals surface area contributed by atoms with Gasteiger partial charge in [-0.1, -0.05) is 22.8 Å². The van der Waals surface area contributed by atoms with Gasteiger partial charge in [0.1, 0.15) is 0 Å². The molecule has 1 aromatic rings. The molecule has 3 nitrogen and oxygen atoms in total. The van der Waals surface area contributed by atoms with E-state index in [-0.39, 0.29) is 0 Å². The average molecular weight is 148 g/mol. The van der Waals surface area contributed by atoms with Gasteiger partial charge in [0.2, 0.25) is 0 Å². The van der Waals surface area contributed by atoms with Crippen LogP contribution in [-0.4, -0.2) is 6.08 Å². The van der Waals surface area contributed by atoms with Gasteiger partial charge in [-0.3, -0.25) is 5.43 Å². The van der Waals surface area contributed by atoms with E-state index < -0.39 is 0 Å². The molecule has 0 aliphatic carbocycles. The largest absolute Gasteiger partial charge is 0.267 e. The van der Waals surface area contributed by atoms with Crippen LogP contribution in [-0.2, 0) is 4.79 Å². The molecule has 0 saturated carbocycles. The highest BCUT2D eigenvalue weighted by atomic mass is 16.1. The Morgan fingerprint density at radius 3 is 2.55 bits per heavy atom. The van der Waals surface area contributed by atoms with Crippen molar-refractivity contribution in [3.05, 3.63) is 29.8 Å². The molecule has 0 aromatic heterocycles. The topological polar surface area (TPSA) is 41.5 Å². The number of aryl methyl sites for hydroxylation is 1. The number of carbonyl (C=O) groups excluding carboxylic acids is 1. The number of anilines is 1. The molecule has 56 valence electrons. The first-order valence-electron chi connectivity index (χ1n) is 3.22. The van der Waals surface area contributed by atoms with Crippen LogP contribution in [0.4, 0.5) is 5.69 Å². The van der Waals surface area contributed by atoms with Gasteiger partial charge < -0.3 is 0 Å². The smallest absolute Gasteiger partial charge is 0.258 e. The molecule has 11 heavy (non-hydrogen) atoms. The predicted octanol–water partition coefficient (Wildman–Crippen LogP) is 1.66. The maximum Gasteiger partial charge on any atom is 0.258 e. The lowest BCUT2D eigenvalue weighted by molar-refractivity contribution is 0.564. The fourth-order valence-electron chi connectivity index (χ4n) is 0.715. The molecule has 1 aromatic carbocycles. The van der Waals surface area contributed by atoms with Crippen molar-refractivity contribution >= 4 is 11.8 Å². The first-order chi connectivity index (χ1) is 5.33. The lowest BCUT2D eigenvalue weighted by Crippen LogP contribution is -1.85. The van der Waals surface area contributed by atoms with Gasteiger partial charge in [-0.25, -0.2) is 4.79 Å². The Bertz CT molecular complexity index is 273. The van der Waals surface area contributed by atoms with Gasteiger partial charge >= 0.3 is 0 Å². The molecular weight excluding hydrogens is 140 g/mol. The Labute approximate surface area is 64.7 Å². The van der Waals surface area contributed by atoms with E-state index in [1.807, 2.05) is 31.2 Å². The summed E-state index contributed by atoms with van der Waals surface area (Å²) in [7, 11) is 0. The molecule has 0 heterocycles. The summed E-state index contributed by atoms with van der Waals surface area (Å²) < 4.78 is 0. The van der Waals surface area contributed by atoms with Crippen molar-refractivity contribution in [2.24, 2.45) is 5.10 Å². The van der Waals surface area contributed by atoms with Gasteiger partial charge in [0.05, 0.1) is 5.69 Å². The maximum absolute atomic E-state index is 9.69. The molecule has 0 bridgehead atoms. The van der Waals surface area contributed by atoms with Crippen molar-refractivity contribution in [3.63, 3.8) is 0 Å². The van der Waals surface area contributed by atoms with E-state index in [1.165, 1.54) is 11.6 Å². The first-order valence-corrected chi connectivity index (χ1v) is 3.22. The summed E-state index contributed by atoms with van der Waals surface area (Å²) in [6, 6.07) is 7.55. The van der Waals surface area contributed by atoms with Crippen LogP contribution >= 0.6 is 0 Å². The predicted molar refractivity (Wildman–Crippen MR) is 42.9 cm³/mol. The molecule has 0 saturated heterocycles. The van der Waals surface area contributed by atoms with E-state index in [2.05, 4.69) is 10.5 Å². The SMILES string of the molecule is Cc1ccc(NN=C=O)cc1. The van der Waals surface area contributed by atoms with Crippen molar-refractivity contribution in [1.29, 1.82) is 0 Å². The third kappa shape index (κ3) is 2.24. The highest BCUT2D eigenvalue weighted by molar-refractivity contribution is 5.46. The molecule has 0 radical (unpaired) electrons. The molecule has 0 aliphatic rings. The molecule has 0 fully saturated rings. The molecule has 0 spiro atoms. The summed E-state index contributed by atoms with van der Waals surface area (Å²) in [6.07, 6.45) is 1.39. The molecule has 0 amide bonds. The highest BCUT2D eigenvalue weighted by Gasteiger charge is 1.86. The van der Waals surface area contributed by atoms with Crippen LogP contribution in [0, 0.1) is 6.92 Å². The zero-order chi connectivity index (χ0) is 8.10. The molecule has 0 aliphatic heterocycles. The molecule has 1 rings (SSSR count). The zero-order valence-corrected chi connectivity index (χ0v) is 6.16.